The second-order valence-electron chi connectivity index (χ2n) is 7.00. The molecule has 0 atom stereocenters. The first-order valence-corrected chi connectivity index (χ1v) is 9.80. The minimum Gasteiger partial charge on any atom is -0.356 e. The molecule has 0 spiro atoms. The summed E-state index contributed by atoms with van der Waals surface area (Å²) >= 11 is 0. The third kappa shape index (κ3) is 4.06. The molecule has 0 bridgehead atoms. The Bertz CT molecular complexity index is 1040. The van der Waals surface area contributed by atoms with Crippen LogP contribution in [0, 0.1) is 0 Å². The average molecular weight is 391 g/mol. The number of amides is 1. The summed E-state index contributed by atoms with van der Waals surface area (Å²) in [7, 11) is 1.85. The van der Waals surface area contributed by atoms with Gasteiger partial charge in [0.1, 0.15) is 6.54 Å². The molecule has 4 rings (SSSR count). The lowest BCUT2D eigenvalue weighted by molar-refractivity contribution is -0.120. The first-order chi connectivity index (χ1) is 14.2. The van der Waals surface area contributed by atoms with E-state index in [1.165, 1.54) is 0 Å². The van der Waals surface area contributed by atoms with E-state index in [1.807, 2.05) is 55.5 Å². The van der Waals surface area contributed by atoms with E-state index in [-0.39, 0.29) is 12.5 Å². The Kier molecular flexibility index (Phi) is 5.41. The third-order valence-corrected chi connectivity index (χ3v) is 5.00. The number of hydrogen-bond acceptors (Lipinski definition) is 4. The van der Waals surface area contributed by atoms with Crippen molar-refractivity contribution in [3.63, 3.8) is 0 Å². The summed E-state index contributed by atoms with van der Waals surface area (Å²) in [5.74, 6) is 0.803. The van der Waals surface area contributed by atoms with Crippen molar-refractivity contribution in [2.45, 2.75) is 13.5 Å². The van der Waals surface area contributed by atoms with Crippen LogP contribution in [-0.4, -0.2) is 57.7 Å². The first-order valence-electron chi connectivity index (χ1n) is 9.80. The van der Waals surface area contributed by atoms with Crippen LogP contribution < -0.4 is 10.2 Å². The summed E-state index contributed by atoms with van der Waals surface area (Å²) in [4.78, 5) is 25.7. The number of pyridine rings is 1. The molecule has 150 valence electrons. The molecule has 1 saturated heterocycles. The predicted molar refractivity (Wildman–Crippen MR) is 114 cm³/mol. The number of aliphatic imine (C=N–C) groups is 1. The Morgan fingerprint density at radius 3 is 2.86 bits per heavy atom. The van der Waals surface area contributed by atoms with Crippen molar-refractivity contribution in [3.05, 3.63) is 54.5 Å². The lowest BCUT2D eigenvalue weighted by Gasteiger charge is -2.35. The lowest BCUT2D eigenvalue weighted by atomic mass is 10.1. The van der Waals surface area contributed by atoms with E-state index in [1.54, 1.807) is 15.8 Å². The van der Waals surface area contributed by atoms with Gasteiger partial charge in [0.2, 0.25) is 5.91 Å². The summed E-state index contributed by atoms with van der Waals surface area (Å²) in [5.41, 5.74) is 2.92. The summed E-state index contributed by atoms with van der Waals surface area (Å²) in [5, 5.41) is 8.59. The average Bonchev–Trinajstić information content (AvgIpc) is 3.17. The maximum absolute atomic E-state index is 12.7. The SMILES string of the molecule is CCNC(=NCc1ccnc2ccccc12)N1CCN(c2cnn(C)c2)C(=O)C1. The van der Waals surface area contributed by atoms with Gasteiger partial charge in [0.05, 0.1) is 23.9 Å². The first kappa shape index (κ1) is 18.9. The lowest BCUT2D eigenvalue weighted by Crippen LogP contribution is -2.55. The number of para-hydroxylation sites is 1. The summed E-state index contributed by atoms with van der Waals surface area (Å²) in [6.45, 7) is 4.91. The highest BCUT2D eigenvalue weighted by Crippen LogP contribution is 2.18. The number of benzene rings is 1. The number of rotatable bonds is 4. The number of nitrogens with one attached hydrogen (secondary N) is 1. The number of aromatic nitrogens is 3. The summed E-state index contributed by atoms with van der Waals surface area (Å²) < 4.78 is 1.71. The molecule has 8 heteroatoms. The molecule has 0 aliphatic carbocycles. The number of fused-ring (bicyclic) bond motifs is 1. The van der Waals surface area contributed by atoms with Crippen molar-refractivity contribution in [2.24, 2.45) is 12.0 Å². The van der Waals surface area contributed by atoms with E-state index in [4.69, 9.17) is 4.99 Å². The van der Waals surface area contributed by atoms with Gasteiger partial charge in [0.25, 0.3) is 0 Å². The Balaban J connectivity index is 1.51. The van der Waals surface area contributed by atoms with Crippen molar-refractivity contribution in [1.29, 1.82) is 0 Å². The predicted octanol–water partition coefficient (Wildman–Crippen LogP) is 1.78. The number of carbonyl (C=O) groups excluding carboxylic acids is 1. The van der Waals surface area contributed by atoms with Crippen LogP contribution in [0.1, 0.15) is 12.5 Å². The van der Waals surface area contributed by atoms with Gasteiger partial charge in [-0.2, -0.15) is 5.10 Å². The van der Waals surface area contributed by atoms with Gasteiger partial charge < -0.3 is 15.1 Å². The maximum Gasteiger partial charge on any atom is 0.246 e. The van der Waals surface area contributed by atoms with E-state index in [2.05, 4.69) is 21.5 Å². The number of carbonyl (C=O) groups is 1. The zero-order valence-corrected chi connectivity index (χ0v) is 16.7. The Morgan fingerprint density at radius 2 is 2.10 bits per heavy atom. The van der Waals surface area contributed by atoms with Crippen LogP contribution in [0.3, 0.4) is 0 Å². The van der Waals surface area contributed by atoms with Crippen molar-refractivity contribution >= 4 is 28.5 Å². The van der Waals surface area contributed by atoms with Gasteiger partial charge in [-0.1, -0.05) is 18.2 Å². The molecule has 8 nitrogen and oxygen atoms in total. The van der Waals surface area contributed by atoms with Crippen molar-refractivity contribution in [1.82, 2.24) is 25.0 Å². The van der Waals surface area contributed by atoms with E-state index in [0.717, 1.165) is 34.7 Å². The molecule has 0 unspecified atom stereocenters. The fourth-order valence-electron chi connectivity index (χ4n) is 3.55. The van der Waals surface area contributed by atoms with Gasteiger partial charge in [0, 0.05) is 44.5 Å². The van der Waals surface area contributed by atoms with E-state index < -0.39 is 0 Å². The summed E-state index contributed by atoms with van der Waals surface area (Å²) in [6, 6.07) is 10.1. The second-order valence-corrected chi connectivity index (χ2v) is 7.00. The van der Waals surface area contributed by atoms with Crippen LogP contribution in [0.4, 0.5) is 5.69 Å². The van der Waals surface area contributed by atoms with Crippen LogP contribution in [0.2, 0.25) is 0 Å². The third-order valence-electron chi connectivity index (χ3n) is 5.00. The molecule has 29 heavy (non-hydrogen) atoms. The topological polar surface area (TPSA) is 78.7 Å². The molecule has 1 amide bonds. The molecule has 0 saturated carbocycles. The van der Waals surface area contributed by atoms with Crippen molar-refractivity contribution in [2.75, 3.05) is 31.1 Å². The molecule has 1 aliphatic rings. The number of nitrogens with zero attached hydrogens (tertiary/aromatic N) is 6. The second kappa shape index (κ2) is 8.30. The van der Waals surface area contributed by atoms with Gasteiger partial charge in [-0.25, -0.2) is 4.99 Å². The minimum atomic E-state index is 0.0456. The van der Waals surface area contributed by atoms with Crippen LogP contribution in [0.25, 0.3) is 10.9 Å². The standard InChI is InChI=1S/C21H25N7O/c1-3-22-21(24-12-16-8-9-23-19-7-5-4-6-18(16)19)27-10-11-28(20(29)15-27)17-13-25-26(2)14-17/h4-9,13-14H,3,10-12,15H2,1-2H3,(H,22,24). The minimum absolute atomic E-state index is 0.0456. The molecular weight excluding hydrogens is 366 g/mol. The van der Waals surface area contributed by atoms with Crippen molar-refractivity contribution < 1.29 is 4.79 Å². The van der Waals surface area contributed by atoms with Gasteiger partial charge in [-0.05, 0) is 24.6 Å². The smallest absolute Gasteiger partial charge is 0.246 e. The molecule has 3 heterocycles. The number of aryl methyl sites for hydroxylation is 1. The Labute approximate surface area is 169 Å². The zero-order chi connectivity index (χ0) is 20.2. The highest BCUT2D eigenvalue weighted by Gasteiger charge is 2.27. The van der Waals surface area contributed by atoms with Crippen LogP contribution in [0.15, 0.2) is 53.9 Å². The molecule has 1 N–H and O–H groups in total. The number of guanidine groups is 1. The molecule has 1 aliphatic heterocycles. The fourth-order valence-corrected chi connectivity index (χ4v) is 3.55. The van der Waals surface area contributed by atoms with Crippen LogP contribution in [0.5, 0.6) is 0 Å². The number of piperazine rings is 1. The number of anilines is 1. The largest absolute Gasteiger partial charge is 0.356 e. The van der Waals surface area contributed by atoms with E-state index in [0.29, 0.717) is 19.6 Å². The maximum atomic E-state index is 12.7. The Morgan fingerprint density at radius 1 is 1.24 bits per heavy atom. The van der Waals surface area contributed by atoms with Gasteiger partial charge in [-0.15, -0.1) is 0 Å². The fraction of sp³-hybridized carbons (Fsp3) is 0.333. The highest BCUT2D eigenvalue weighted by molar-refractivity contribution is 5.98. The van der Waals surface area contributed by atoms with E-state index in [9.17, 15) is 4.79 Å². The van der Waals surface area contributed by atoms with Gasteiger partial charge >= 0.3 is 0 Å². The molecular formula is C21H25N7O. The summed E-state index contributed by atoms with van der Waals surface area (Å²) in [6.07, 6.45) is 5.40. The monoisotopic (exact) mass is 391 g/mol. The normalized spacial score (nSPS) is 15.2. The highest BCUT2D eigenvalue weighted by atomic mass is 16.2. The molecule has 1 aromatic carbocycles. The molecule has 2 aromatic heterocycles. The van der Waals surface area contributed by atoms with Crippen LogP contribution in [-0.2, 0) is 18.4 Å². The zero-order valence-electron chi connectivity index (χ0n) is 16.7. The number of hydrogen-bond donors (Lipinski definition) is 1. The van der Waals surface area contributed by atoms with E-state index >= 15 is 0 Å². The molecule has 0 radical (unpaired) electrons. The van der Waals surface area contributed by atoms with Crippen LogP contribution >= 0.6 is 0 Å². The Hall–Kier alpha value is -3.42. The quantitative estimate of drug-likeness (QED) is 0.542. The van der Waals surface area contributed by atoms with Gasteiger partial charge in [0.15, 0.2) is 5.96 Å². The van der Waals surface area contributed by atoms with Crippen molar-refractivity contribution in [3.8, 4) is 0 Å². The molecule has 1 fully saturated rings. The molecule has 3 aromatic rings. The van der Waals surface area contributed by atoms with Gasteiger partial charge in [-0.3, -0.25) is 14.5 Å².